The van der Waals surface area contributed by atoms with Gasteiger partial charge in [-0.15, -0.1) is 0 Å². The smallest absolute Gasteiger partial charge is 0.251 e. The van der Waals surface area contributed by atoms with Crippen LogP contribution in [0.3, 0.4) is 0 Å². The highest BCUT2D eigenvalue weighted by atomic mass is 79.9. The third-order valence-electron chi connectivity index (χ3n) is 5.73. The van der Waals surface area contributed by atoms with E-state index in [-0.39, 0.29) is 23.8 Å². The number of carbonyl (C=O) groups is 1. The molecule has 2 saturated heterocycles. The molecule has 2 N–H and O–H groups in total. The molecule has 0 radical (unpaired) electrons. The molecule has 3 fully saturated rings. The molecule has 2 heterocycles. The van der Waals surface area contributed by atoms with Crippen LogP contribution in [0.1, 0.15) is 33.2 Å². The van der Waals surface area contributed by atoms with Gasteiger partial charge in [0, 0.05) is 35.4 Å². The fraction of sp³-hybridized carbons (Fsp3) is 0.381. The van der Waals surface area contributed by atoms with Crippen molar-refractivity contribution >= 4 is 21.8 Å². The Hall–Kier alpha value is -1.89. The molecule has 3 atom stereocenters. The van der Waals surface area contributed by atoms with Crippen molar-refractivity contribution in [2.45, 2.75) is 18.6 Å². The van der Waals surface area contributed by atoms with Crippen molar-refractivity contribution in [2.75, 3.05) is 19.8 Å². The zero-order valence-corrected chi connectivity index (χ0v) is 16.2. The summed E-state index contributed by atoms with van der Waals surface area (Å²) in [5.41, 5.74) is 3.54. The van der Waals surface area contributed by atoms with E-state index in [1.165, 1.54) is 5.56 Å². The molecule has 0 aromatic heterocycles. The SMILES string of the molecule is O=C(NC1C2COCC21)c1cc(Br)c(O)c(Cc2ccc(C3CO3)cc2)c1. The normalized spacial score (nSPS) is 27.9. The molecule has 1 saturated carbocycles. The molecule has 2 aliphatic heterocycles. The molecular weight excluding hydrogens is 410 g/mol. The molecule has 1 aliphatic carbocycles. The van der Waals surface area contributed by atoms with Crippen molar-refractivity contribution in [3.8, 4) is 5.75 Å². The van der Waals surface area contributed by atoms with Gasteiger partial charge in [-0.1, -0.05) is 24.3 Å². The van der Waals surface area contributed by atoms with Crippen molar-refractivity contribution in [3.63, 3.8) is 0 Å². The summed E-state index contributed by atoms with van der Waals surface area (Å²) in [6.07, 6.45) is 0.792. The van der Waals surface area contributed by atoms with Crippen LogP contribution in [0.25, 0.3) is 0 Å². The Kier molecular flexibility index (Phi) is 4.22. The van der Waals surface area contributed by atoms with E-state index in [1.54, 1.807) is 12.1 Å². The van der Waals surface area contributed by atoms with Crippen LogP contribution >= 0.6 is 15.9 Å². The van der Waals surface area contributed by atoms with Gasteiger partial charge in [-0.2, -0.15) is 0 Å². The van der Waals surface area contributed by atoms with Crippen LogP contribution < -0.4 is 5.32 Å². The molecule has 2 aromatic carbocycles. The summed E-state index contributed by atoms with van der Waals surface area (Å²) in [4.78, 5) is 12.7. The summed E-state index contributed by atoms with van der Waals surface area (Å²) in [5, 5.41) is 13.5. The number of carbonyl (C=O) groups excluding carboxylic acids is 1. The van der Waals surface area contributed by atoms with E-state index in [2.05, 4.69) is 33.4 Å². The molecule has 5 rings (SSSR count). The number of ether oxygens (including phenoxy) is 2. The number of amides is 1. The first-order valence-electron chi connectivity index (χ1n) is 9.20. The zero-order valence-electron chi connectivity index (χ0n) is 14.7. The Morgan fingerprint density at radius 3 is 2.52 bits per heavy atom. The van der Waals surface area contributed by atoms with Crippen molar-refractivity contribution in [2.24, 2.45) is 11.8 Å². The van der Waals surface area contributed by atoms with E-state index < -0.39 is 0 Å². The number of benzene rings is 2. The van der Waals surface area contributed by atoms with Crippen LogP contribution in [0.4, 0.5) is 0 Å². The Balaban J connectivity index is 1.33. The van der Waals surface area contributed by atoms with Crippen LogP contribution in [0.5, 0.6) is 5.75 Å². The molecule has 3 aliphatic rings. The van der Waals surface area contributed by atoms with E-state index in [9.17, 15) is 9.90 Å². The number of hydrogen-bond acceptors (Lipinski definition) is 4. The molecule has 0 spiro atoms. The molecule has 2 aromatic rings. The maximum absolute atomic E-state index is 12.7. The number of rotatable bonds is 5. The van der Waals surface area contributed by atoms with Crippen molar-refractivity contribution < 1.29 is 19.4 Å². The lowest BCUT2D eigenvalue weighted by molar-refractivity contribution is 0.0928. The summed E-state index contributed by atoms with van der Waals surface area (Å²) in [6.45, 7) is 2.27. The molecule has 0 bridgehead atoms. The van der Waals surface area contributed by atoms with Gasteiger partial charge in [-0.25, -0.2) is 0 Å². The highest BCUT2D eigenvalue weighted by molar-refractivity contribution is 9.10. The standard InChI is InChI=1S/C21H20BrNO4/c22-17-7-14(21(25)23-19-15-8-26-9-16(15)19)6-13(20(17)24)5-11-1-3-12(4-2-11)18-10-27-18/h1-4,6-7,15-16,18-19,24H,5,8-10H2,(H,23,25). The van der Waals surface area contributed by atoms with Crippen molar-refractivity contribution in [3.05, 3.63) is 63.1 Å². The lowest BCUT2D eigenvalue weighted by atomic mass is 10.00. The number of phenols is 1. The lowest BCUT2D eigenvalue weighted by Crippen LogP contribution is -2.30. The van der Waals surface area contributed by atoms with Gasteiger partial charge in [-0.05, 0) is 39.2 Å². The third-order valence-corrected chi connectivity index (χ3v) is 6.34. The first-order chi connectivity index (χ1) is 13.1. The van der Waals surface area contributed by atoms with Crippen LogP contribution in [0, 0.1) is 11.8 Å². The maximum atomic E-state index is 12.7. The minimum atomic E-state index is -0.0995. The van der Waals surface area contributed by atoms with E-state index in [0.29, 0.717) is 28.3 Å². The van der Waals surface area contributed by atoms with Gasteiger partial charge >= 0.3 is 0 Å². The highest BCUT2D eigenvalue weighted by Gasteiger charge is 2.54. The quantitative estimate of drug-likeness (QED) is 0.715. The van der Waals surface area contributed by atoms with Gasteiger partial charge in [0.25, 0.3) is 5.91 Å². The second-order valence-corrected chi connectivity index (χ2v) is 8.42. The fourth-order valence-electron chi connectivity index (χ4n) is 3.92. The summed E-state index contributed by atoms with van der Waals surface area (Å²) >= 11 is 3.38. The first kappa shape index (κ1) is 17.2. The predicted molar refractivity (Wildman–Crippen MR) is 103 cm³/mol. The average Bonchev–Trinajstić information content (AvgIpc) is 3.57. The van der Waals surface area contributed by atoms with Gasteiger partial charge in [0.1, 0.15) is 11.9 Å². The van der Waals surface area contributed by atoms with Crippen molar-refractivity contribution in [1.82, 2.24) is 5.32 Å². The number of fused-ring (bicyclic) bond motifs is 1. The number of phenolic OH excluding ortho intramolecular Hbond substituents is 1. The molecular formula is C21H20BrNO4. The van der Waals surface area contributed by atoms with E-state index in [0.717, 1.165) is 30.9 Å². The van der Waals surface area contributed by atoms with E-state index in [4.69, 9.17) is 9.47 Å². The lowest BCUT2D eigenvalue weighted by Gasteiger charge is -2.12. The monoisotopic (exact) mass is 429 g/mol. The van der Waals surface area contributed by atoms with Gasteiger partial charge in [0.05, 0.1) is 24.3 Å². The van der Waals surface area contributed by atoms with Crippen LogP contribution in [-0.2, 0) is 15.9 Å². The summed E-state index contributed by atoms with van der Waals surface area (Å²) in [6, 6.07) is 11.9. The molecule has 6 heteroatoms. The Labute approximate surface area is 165 Å². The highest BCUT2D eigenvalue weighted by Crippen LogP contribution is 2.44. The number of aromatic hydroxyl groups is 1. The topological polar surface area (TPSA) is 71.1 Å². The van der Waals surface area contributed by atoms with Gasteiger partial charge < -0.3 is 19.9 Å². The predicted octanol–water partition coefficient (Wildman–Crippen LogP) is 3.19. The number of epoxide rings is 1. The Morgan fingerprint density at radius 1 is 1.15 bits per heavy atom. The van der Waals surface area contributed by atoms with Crippen molar-refractivity contribution in [1.29, 1.82) is 0 Å². The zero-order chi connectivity index (χ0) is 18.5. The average molecular weight is 430 g/mol. The van der Waals surface area contributed by atoms with Crippen LogP contribution in [-0.4, -0.2) is 36.9 Å². The van der Waals surface area contributed by atoms with E-state index >= 15 is 0 Å². The molecule has 5 nitrogen and oxygen atoms in total. The molecule has 3 unspecified atom stereocenters. The van der Waals surface area contributed by atoms with E-state index in [1.807, 2.05) is 12.1 Å². The number of nitrogens with one attached hydrogen (secondary N) is 1. The second kappa shape index (κ2) is 6.62. The molecule has 27 heavy (non-hydrogen) atoms. The molecule has 1 amide bonds. The number of hydrogen-bond donors (Lipinski definition) is 2. The van der Waals surface area contributed by atoms with Crippen LogP contribution in [0.2, 0.25) is 0 Å². The number of halogens is 1. The summed E-state index contributed by atoms with van der Waals surface area (Å²) in [5.74, 6) is 1.00. The van der Waals surface area contributed by atoms with Gasteiger partial charge in [-0.3, -0.25) is 4.79 Å². The Morgan fingerprint density at radius 2 is 1.85 bits per heavy atom. The second-order valence-electron chi connectivity index (χ2n) is 7.57. The third kappa shape index (κ3) is 3.37. The summed E-state index contributed by atoms with van der Waals surface area (Å²) < 4.78 is 11.2. The van der Waals surface area contributed by atoms with Crippen LogP contribution in [0.15, 0.2) is 40.9 Å². The first-order valence-corrected chi connectivity index (χ1v) is 10.00. The summed E-state index contributed by atoms with van der Waals surface area (Å²) in [7, 11) is 0. The largest absolute Gasteiger partial charge is 0.506 e. The Bertz CT molecular complexity index is 884. The minimum Gasteiger partial charge on any atom is -0.506 e. The fourth-order valence-corrected chi connectivity index (χ4v) is 4.42. The molecule has 140 valence electrons. The van der Waals surface area contributed by atoms with Gasteiger partial charge in [0.2, 0.25) is 0 Å². The van der Waals surface area contributed by atoms with Gasteiger partial charge in [0.15, 0.2) is 0 Å². The minimum absolute atomic E-state index is 0.0995. The maximum Gasteiger partial charge on any atom is 0.251 e.